The number of hydrogen-bond acceptors (Lipinski definition) is 5. The highest BCUT2D eigenvalue weighted by Crippen LogP contribution is 2.32. The molecular weight excluding hydrogens is 332 g/mol. The number of primary amides is 1. The summed E-state index contributed by atoms with van der Waals surface area (Å²) in [4.78, 5) is 25.6. The third kappa shape index (κ3) is 3.69. The van der Waals surface area contributed by atoms with E-state index < -0.39 is 15.7 Å². The van der Waals surface area contributed by atoms with Gasteiger partial charge in [-0.1, -0.05) is 12.1 Å². The number of hydrogen-bond donors (Lipinski definition) is 1. The van der Waals surface area contributed by atoms with Gasteiger partial charge in [0.1, 0.15) is 5.75 Å². The number of rotatable bonds is 6. The Bertz CT molecular complexity index is 757. The number of nitrogens with zero attached hydrogens (tertiary/aromatic N) is 1. The first-order valence-corrected chi connectivity index (χ1v) is 9.73. The number of nitrogens with two attached hydrogens (primary N) is 1. The lowest BCUT2D eigenvalue weighted by molar-refractivity contribution is -0.135. The van der Waals surface area contributed by atoms with Gasteiger partial charge >= 0.3 is 0 Å². The van der Waals surface area contributed by atoms with Crippen LogP contribution in [0.25, 0.3) is 0 Å². The molecule has 1 saturated heterocycles. The van der Waals surface area contributed by atoms with Crippen LogP contribution < -0.4 is 10.5 Å². The number of ether oxygens (including phenoxy) is 1. The van der Waals surface area contributed by atoms with E-state index in [0.717, 1.165) is 12.8 Å². The maximum absolute atomic E-state index is 12.6. The summed E-state index contributed by atoms with van der Waals surface area (Å²) in [6.45, 7) is -0.239. The van der Waals surface area contributed by atoms with E-state index in [-0.39, 0.29) is 47.4 Å². The second-order valence-electron chi connectivity index (χ2n) is 6.24. The molecule has 3 rings (SSSR count). The predicted octanol–water partition coefficient (Wildman–Crippen LogP) is 0.342. The maximum Gasteiger partial charge on any atom is 0.261 e. The summed E-state index contributed by atoms with van der Waals surface area (Å²) in [5.41, 5.74) is 5.50. The van der Waals surface area contributed by atoms with E-state index in [1.165, 1.54) is 6.07 Å². The van der Waals surface area contributed by atoms with Crippen LogP contribution in [0, 0.1) is 0 Å². The normalized spacial score (nSPS) is 22.1. The fourth-order valence-corrected chi connectivity index (χ4v) is 4.77. The van der Waals surface area contributed by atoms with Crippen LogP contribution in [0.15, 0.2) is 24.3 Å². The standard InChI is InChI=1S/C16H20N2O5S/c17-16(20)13-3-1-2-4-14(13)23-9-15(19)18(11-5-6-11)12-7-8-24(21,22)10-12/h1-4,11-12H,5-10H2,(H2,17,20)/t12-/m0/s1. The summed E-state index contributed by atoms with van der Waals surface area (Å²) in [7, 11) is -3.06. The van der Waals surface area contributed by atoms with Crippen molar-refractivity contribution in [1.29, 1.82) is 0 Å². The molecule has 0 spiro atoms. The molecule has 0 unspecified atom stereocenters. The number of para-hydroxylation sites is 1. The van der Waals surface area contributed by atoms with E-state index in [2.05, 4.69) is 0 Å². The Morgan fingerprint density at radius 1 is 1.17 bits per heavy atom. The summed E-state index contributed by atoms with van der Waals surface area (Å²) >= 11 is 0. The minimum atomic E-state index is -3.06. The van der Waals surface area contributed by atoms with Crippen molar-refractivity contribution < 1.29 is 22.7 Å². The van der Waals surface area contributed by atoms with Gasteiger partial charge in [0, 0.05) is 12.1 Å². The van der Waals surface area contributed by atoms with Gasteiger partial charge < -0.3 is 15.4 Å². The van der Waals surface area contributed by atoms with Gasteiger partial charge in [-0.3, -0.25) is 9.59 Å². The van der Waals surface area contributed by atoms with Crippen molar-refractivity contribution in [2.45, 2.75) is 31.3 Å². The van der Waals surface area contributed by atoms with Crippen molar-refractivity contribution in [3.63, 3.8) is 0 Å². The zero-order valence-corrected chi connectivity index (χ0v) is 14.0. The average molecular weight is 352 g/mol. The van der Waals surface area contributed by atoms with Gasteiger partial charge in [0.15, 0.2) is 16.4 Å². The fourth-order valence-electron chi connectivity index (χ4n) is 3.06. The van der Waals surface area contributed by atoms with Gasteiger partial charge in [0.25, 0.3) is 11.8 Å². The zero-order chi connectivity index (χ0) is 17.3. The summed E-state index contributed by atoms with van der Waals surface area (Å²) < 4.78 is 28.9. The molecule has 2 aliphatic rings. The Morgan fingerprint density at radius 3 is 2.46 bits per heavy atom. The monoisotopic (exact) mass is 352 g/mol. The predicted molar refractivity (Wildman–Crippen MR) is 87.4 cm³/mol. The van der Waals surface area contributed by atoms with Crippen LogP contribution in [0.4, 0.5) is 0 Å². The fraction of sp³-hybridized carbons (Fsp3) is 0.500. The van der Waals surface area contributed by atoms with E-state index in [9.17, 15) is 18.0 Å². The van der Waals surface area contributed by atoms with Crippen LogP contribution >= 0.6 is 0 Å². The highest BCUT2D eigenvalue weighted by molar-refractivity contribution is 7.91. The van der Waals surface area contributed by atoms with Crippen molar-refractivity contribution >= 4 is 21.7 Å². The van der Waals surface area contributed by atoms with Crippen molar-refractivity contribution in [3.8, 4) is 5.75 Å². The smallest absolute Gasteiger partial charge is 0.261 e. The van der Waals surface area contributed by atoms with Gasteiger partial charge in [0.05, 0.1) is 17.1 Å². The highest BCUT2D eigenvalue weighted by atomic mass is 32.2. The second kappa shape index (κ2) is 6.43. The molecule has 1 saturated carbocycles. The Hall–Kier alpha value is -2.09. The molecule has 0 radical (unpaired) electrons. The minimum absolute atomic E-state index is 0.0209. The van der Waals surface area contributed by atoms with Crippen molar-refractivity contribution in [2.75, 3.05) is 18.1 Å². The molecule has 1 aromatic rings. The van der Waals surface area contributed by atoms with E-state index in [0.29, 0.717) is 6.42 Å². The molecule has 2 fully saturated rings. The Balaban J connectivity index is 1.68. The second-order valence-corrected chi connectivity index (χ2v) is 8.47. The quantitative estimate of drug-likeness (QED) is 0.795. The van der Waals surface area contributed by atoms with Gasteiger partial charge in [0.2, 0.25) is 0 Å². The number of benzene rings is 1. The summed E-state index contributed by atoms with van der Waals surface area (Å²) in [5.74, 6) is -0.474. The van der Waals surface area contributed by atoms with Crippen LogP contribution in [-0.4, -0.2) is 55.3 Å². The third-order valence-corrected chi connectivity index (χ3v) is 6.08. The maximum atomic E-state index is 12.6. The van der Waals surface area contributed by atoms with Crippen molar-refractivity contribution in [2.24, 2.45) is 5.73 Å². The van der Waals surface area contributed by atoms with Gasteiger partial charge in [-0.25, -0.2) is 8.42 Å². The molecule has 2 amide bonds. The molecule has 7 nitrogen and oxygen atoms in total. The number of carbonyl (C=O) groups is 2. The summed E-state index contributed by atoms with van der Waals surface area (Å²) in [5, 5.41) is 0. The Labute approximate surface area is 140 Å². The first-order chi connectivity index (χ1) is 11.4. The highest BCUT2D eigenvalue weighted by Gasteiger charge is 2.42. The van der Waals surface area contributed by atoms with E-state index in [1.807, 2.05) is 0 Å². The third-order valence-electron chi connectivity index (χ3n) is 4.33. The Kier molecular flexibility index (Phi) is 4.49. The molecule has 24 heavy (non-hydrogen) atoms. The molecule has 1 aromatic carbocycles. The lowest BCUT2D eigenvalue weighted by Crippen LogP contribution is -2.45. The lowest BCUT2D eigenvalue weighted by atomic mass is 10.2. The van der Waals surface area contributed by atoms with Crippen LogP contribution in [0.5, 0.6) is 5.75 Å². The first kappa shape index (κ1) is 16.8. The molecule has 2 N–H and O–H groups in total. The molecular formula is C16H20N2O5S. The molecule has 1 heterocycles. The lowest BCUT2D eigenvalue weighted by Gasteiger charge is -2.28. The first-order valence-electron chi connectivity index (χ1n) is 7.90. The molecule has 130 valence electrons. The van der Waals surface area contributed by atoms with E-state index in [1.54, 1.807) is 23.1 Å². The molecule has 1 atom stereocenters. The van der Waals surface area contributed by atoms with Crippen molar-refractivity contribution in [3.05, 3.63) is 29.8 Å². The summed E-state index contributed by atoms with van der Waals surface area (Å²) in [6, 6.07) is 6.29. The molecule has 0 bridgehead atoms. The van der Waals surface area contributed by atoms with Crippen LogP contribution in [0.1, 0.15) is 29.6 Å². The average Bonchev–Trinajstić information content (AvgIpc) is 3.29. The molecule has 8 heteroatoms. The molecule has 1 aliphatic carbocycles. The SMILES string of the molecule is NC(=O)c1ccccc1OCC(=O)N(C1CC1)[C@H]1CCS(=O)(=O)C1. The van der Waals surface area contributed by atoms with Crippen LogP contribution in [-0.2, 0) is 14.6 Å². The van der Waals surface area contributed by atoms with Gasteiger partial charge in [-0.15, -0.1) is 0 Å². The molecule has 1 aliphatic heterocycles. The van der Waals surface area contributed by atoms with Gasteiger partial charge in [-0.05, 0) is 31.4 Å². The Morgan fingerprint density at radius 2 is 1.88 bits per heavy atom. The van der Waals surface area contributed by atoms with Crippen LogP contribution in [0.2, 0.25) is 0 Å². The van der Waals surface area contributed by atoms with E-state index in [4.69, 9.17) is 10.5 Å². The minimum Gasteiger partial charge on any atom is -0.483 e. The molecule has 0 aromatic heterocycles. The van der Waals surface area contributed by atoms with Crippen LogP contribution in [0.3, 0.4) is 0 Å². The number of amides is 2. The zero-order valence-electron chi connectivity index (χ0n) is 13.2. The van der Waals surface area contributed by atoms with Gasteiger partial charge in [-0.2, -0.15) is 0 Å². The largest absolute Gasteiger partial charge is 0.483 e. The number of carbonyl (C=O) groups excluding carboxylic acids is 2. The number of sulfone groups is 1. The summed E-state index contributed by atoms with van der Waals surface area (Å²) in [6.07, 6.45) is 2.25. The van der Waals surface area contributed by atoms with E-state index >= 15 is 0 Å². The topological polar surface area (TPSA) is 107 Å². The van der Waals surface area contributed by atoms with Crippen molar-refractivity contribution in [1.82, 2.24) is 4.90 Å².